The highest BCUT2D eigenvalue weighted by molar-refractivity contribution is 6.31. The number of carbonyl (C=O) groups excluding carboxylic acids is 2. The molecule has 1 aliphatic heterocycles. The van der Waals surface area contributed by atoms with E-state index >= 15 is 0 Å². The first-order valence-corrected chi connectivity index (χ1v) is 16.1. The molecule has 9 nitrogen and oxygen atoms in total. The van der Waals surface area contributed by atoms with Crippen LogP contribution in [-0.2, 0) is 20.7 Å². The fourth-order valence-corrected chi connectivity index (χ4v) is 6.46. The second-order valence-corrected chi connectivity index (χ2v) is 12.2. The average molecular weight is 652 g/mol. The van der Waals surface area contributed by atoms with Crippen LogP contribution in [0.3, 0.4) is 0 Å². The molecule has 0 radical (unpaired) electrons. The number of anilines is 1. The van der Waals surface area contributed by atoms with E-state index in [0.717, 1.165) is 45.5 Å². The third-order valence-corrected chi connectivity index (χ3v) is 8.80. The van der Waals surface area contributed by atoms with E-state index in [-0.39, 0.29) is 18.1 Å². The zero-order valence-corrected chi connectivity index (χ0v) is 27.1. The number of ether oxygens (including phenoxy) is 2. The summed E-state index contributed by atoms with van der Waals surface area (Å²) in [6, 6.07) is 29.9. The molecule has 0 unspecified atom stereocenters. The monoisotopic (exact) mass is 651 g/mol. The van der Waals surface area contributed by atoms with Gasteiger partial charge in [0.1, 0.15) is 11.9 Å². The van der Waals surface area contributed by atoms with E-state index in [9.17, 15) is 9.59 Å². The fraction of sp³-hybridized carbons (Fsp3) is 0.270. The lowest BCUT2D eigenvalue weighted by Crippen LogP contribution is -2.48. The highest BCUT2D eigenvalue weighted by Gasteiger charge is 2.33. The van der Waals surface area contributed by atoms with Crippen molar-refractivity contribution in [3.8, 4) is 0 Å². The van der Waals surface area contributed by atoms with Crippen LogP contribution in [0.25, 0.3) is 11.0 Å². The lowest BCUT2D eigenvalue weighted by molar-refractivity contribution is -0.118. The number of imidazole rings is 1. The maximum Gasteiger partial charge on any atom is 0.407 e. The normalized spacial score (nSPS) is 16.9. The Bertz CT molecular complexity index is 1780. The number of aromatic nitrogens is 2. The summed E-state index contributed by atoms with van der Waals surface area (Å²) in [5, 5.41) is 10.2. The van der Waals surface area contributed by atoms with Gasteiger partial charge in [-0.05, 0) is 60.2 Å². The first kappa shape index (κ1) is 32.2. The number of nitrogens with zero attached hydrogens (tertiary/aromatic N) is 1. The van der Waals surface area contributed by atoms with Gasteiger partial charge in [-0.3, -0.25) is 4.79 Å². The molecule has 4 aromatic carbocycles. The van der Waals surface area contributed by atoms with Gasteiger partial charge >= 0.3 is 6.09 Å². The third kappa shape index (κ3) is 7.65. The number of alkyl carbamates (subject to hydrolysis) is 1. The van der Waals surface area contributed by atoms with Gasteiger partial charge in [-0.25, -0.2) is 9.78 Å². The summed E-state index contributed by atoms with van der Waals surface area (Å²) in [7, 11) is 1.29. The molecule has 0 bridgehead atoms. The summed E-state index contributed by atoms with van der Waals surface area (Å²) in [6.45, 7) is 3.15. The molecule has 47 heavy (non-hydrogen) atoms. The van der Waals surface area contributed by atoms with Crippen LogP contribution in [0.15, 0.2) is 97.1 Å². The van der Waals surface area contributed by atoms with Gasteiger partial charge in [0.15, 0.2) is 0 Å². The largest absolute Gasteiger partial charge is 0.453 e. The average Bonchev–Trinajstić information content (AvgIpc) is 3.53. The number of carbonyl (C=O) groups is 2. The third-order valence-electron chi connectivity index (χ3n) is 8.58. The van der Waals surface area contributed by atoms with Gasteiger partial charge < -0.3 is 30.4 Å². The van der Waals surface area contributed by atoms with Crippen LogP contribution in [0.5, 0.6) is 0 Å². The summed E-state index contributed by atoms with van der Waals surface area (Å²) >= 11 is 6.24. The Kier molecular flexibility index (Phi) is 10.2. The van der Waals surface area contributed by atoms with Crippen LogP contribution in [0, 0.1) is 6.92 Å². The molecule has 1 aromatic heterocycles. The number of nitrogens with one attached hydrogen (secondary N) is 4. The van der Waals surface area contributed by atoms with Crippen molar-refractivity contribution in [3.05, 3.63) is 130 Å². The minimum Gasteiger partial charge on any atom is -0.453 e. The van der Waals surface area contributed by atoms with E-state index in [1.165, 1.54) is 7.11 Å². The zero-order valence-electron chi connectivity index (χ0n) is 26.3. The Morgan fingerprint density at radius 1 is 1.00 bits per heavy atom. The Balaban J connectivity index is 1.14. The van der Waals surface area contributed by atoms with Crippen LogP contribution in [0.1, 0.15) is 46.5 Å². The number of morpholine rings is 1. The van der Waals surface area contributed by atoms with Gasteiger partial charge in [0, 0.05) is 23.2 Å². The van der Waals surface area contributed by atoms with E-state index in [1.54, 1.807) is 0 Å². The number of methoxy groups -OCH3 is 1. The number of rotatable bonds is 10. The van der Waals surface area contributed by atoms with Gasteiger partial charge in [0.25, 0.3) is 0 Å². The number of fused-ring (bicyclic) bond motifs is 1. The molecular formula is C37H38ClN5O4. The SMILES string of the molecule is COC(=O)N[C@H](C(=O)Nc1ccccc1CC[C@@H]1CN[C@H](c2nc3c(C)cc(Cl)cc3[nH]2)CO1)C(c1ccccc1)c1ccccc1. The summed E-state index contributed by atoms with van der Waals surface area (Å²) < 4.78 is 11.2. The molecular weight excluding hydrogens is 614 g/mol. The van der Waals surface area contributed by atoms with E-state index < -0.39 is 18.1 Å². The van der Waals surface area contributed by atoms with Crippen molar-refractivity contribution < 1.29 is 19.1 Å². The van der Waals surface area contributed by atoms with Crippen molar-refractivity contribution in [3.63, 3.8) is 0 Å². The molecule has 4 N–H and O–H groups in total. The predicted molar refractivity (Wildman–Crippen MR) is 184 cm³/mol. The van der Waals surface area contributed by atoms with Crippen LogP contribution in [0.2, 0.25) is 5.02 Å². The molecule has 2 amide bonds. The van der Waals surface area contributed by atoms with Crippen molar-refractivity contribution >= 4 is 40.3 Å². The number of benzene rings is 4. The molecule has 10 heteroatoms. The van der Waals surface area contributed by atoms with Crippen molar-refractivity contribution in [2.75, 3.05) is 25.6 Å². The van der Waals surface area contributed by atoms with Crippen LogP contribution >= 0.6 is 11.6 Å². The van der Waals surface area contributed by atoms with Crippen molar-refractivity contribution in [2.45, 2.75) is 43.9 Å². The van der Waals surface area contributed by atoms with Crippen LogP contribution in [-0.4, -0.2) is 54.4 Å². The zero-order chi connectivity index (χ0) is 32.8. The minimum absolute atomic E-state index is 0.00940. The molecule has 0 saturated carbocycles. The Hall–Kier alpha value is -4.70. The van der Waals surface area contributed by atoms with E-state index in [2.05, 4.69) is 20.9 Å². The summed E-state index contributed by atoms with van der Waals surface area (Å²) in [4.78, 5) is 34.8. The number of aryl methyl sites for hydroxylation is 2. The number of halogens is 1. The van der Waals surface area contributed by atoms with Gasteiger partial charge in [0.05, 0.1) is 36.9 Å². The minimum atomic E-state index is -0.943. The molecule has 0 spiro atoms. The maximum atomic E-state index is 14.1. The number of hydrogen-bond acceptors (Lipinski definition) is 6. The highest BCUT2D eigenvalue weighted by atomic mass is 35.5. The lowest BCUT2D eigenvalue weighted by atomic mass is 9.84. The molecule has 1 aliphatic rings. The molecule has 0 aliphatic carbocycles. The standard InChI is InChI=1S/C37H38ClN5O4/c1-23-19-27(38)20-30-33(23)42-35(40-30)31-22-47-28(21-39-31)18-17-24-11-9-10-16-29(24)41-36(44)34(43-37(45)46-2)32(25-12-5-3-6-13-25)26-14-7-4-8-15-26/h3-16,19-20,28,31-32,34,39H,17-18,21-22H2,1-2H3,(H,40,42)(H,41,44)(H,43,45)/t28-,31+,34+/m1/s1. The molecule has 6 rings (SSSR count). The molecule has 2 heterocycles. The topological polar surface area (TPSA) is 117 Å². The van der Waals surface area contributed by atoms with Gasteiger partial charge in [-0.2, -0.15) is 0 Å². The molecule has 5 aromatic rings. The van der Waals surface area contributed by atoms with Gasteiger partial charge in [-0.1, -0.05) is 90.5 Å². The number of para-hydroxylation sites is 1. The second kappa shape index (κ2) is 14.8. The number of hydrogen-bond donors (Lipinski definition) is 4. The summed E-state index contributed by atoms with van der Waals surface area (Å²) in [5.74, 6) is 0.0311. The van der Waals surface area contributed by atoms with Gasteiger partial charge in [-0.15, -0.1) is 0 Å². The van der Waals surface area contributed by atoms with Crippen molar-refractivity contribution in [1.29, 1.82) is 0 Å². The smallest absolute Gasteiger partial charge is 0.407 e. The quantitative estimate of drug-likeness (QED) is 0.134. The van der Waals surface area contributed by atoms with Gasteiger partial charge in [0.2, 0.25) is 5.91 Å². The van der Waals surface area contributed by atoms with Crippen LogP contribution in [0.4, 0.5) is 10.5 Å². The van der Waals surface area contributed by atoms with Crippen LogP contribution < -0.4 is 16.0 Å². The first-order valence-electron chi connectivity index (χ1n) is 15.7. The van der Waals surface area contributed by atoms with Crippen molar-refractivity contribution in [1.82, 2.24) is 20.6 Å². The van der Waals surface area contributed by atoms with Crippen molar-refractivity contribution in [2.24, 2.45) is 0 Å². The van der Waals surface area contributed by atoms with E-state index in [0.29, 0.717) is 30.3 Å². The number of H-pyrrole nitrogens is 1. The highest BCUT2D eigenvalue weighted by Crippen LogP contribution is 2.30. The fourth-order valence-electron chi connectivity index (χ4n) is 6.19. The summed E-state index contributed by atoms with van der Waals surface area (Å²) in [6.07, 6.45) is 0.746. The molecule has 242 valence electrons. The second-order valence-electron chi connectivity index (χ2n) is 11.8. The lowest BCUT2D eigenvalue weighted by Gasteiger charge is -2.30. The van der Waals surface area contributed by atoms with E-state index in [4.69, 9.17) is 26.1 Å². The van der Waals surface area contributed by atoms with E-state index in [1.807, 2.05) is 104 Å². The number of aromatic amines is 1. The number of amides is 2. The Morgan fingerprint density at radius 2 is 1.68 bits per heavy atom. The summed E-state index contributed by atoms with van der Waals surface area (Å²) in [5.41, 5.74) is 6.30. The maximum absolute atomic E-state index is 14.1. The molecule has 1 fully saturated rings. The molecule has 3 atom stereocenters. The Labute approximate surface area is 279 Å². The first-order chi connectivity index (χ1) is 22.9. The Morgan fingerprint density at radius 3 is 2.34 bits per heavy atom. The molecule has 1 saturated heterocycles. The predicted octanol–water partition coefficient (Wildman–Crippen LogP) is 6.68.